The zero-order chi connectivity index (χ0) is 19.4. The number of hydrogen-bond acceptors (Lipinski definition) is 6. The standard InChI is InChI=1S/C18H24N4O4S/c1-27(24,25)22-9-5-15(6-10-22)18(23)21-8-2-3-16(13-21)26-17-11-14(12-19)4-7-20-17/h4,7,11,15-16H,2-3,5-6,8-10,13H2,1H3. The highest BCUT2D eigenvalue weighted by molar-refractivity contribution is 7.88. The van der Waals surface area contributed by atoms with Crippen LogP contribution in [0.3, 0.4) is 0 Å². The molecule has 8 nitrogen and oxygen atoms in total. The van der Waals surface area contributed by atoms with Gasteiger partial charge in [-0.15, -0.1) is 0 Å². The number of ether oxygens (including phenoxy) is 1. The predicted octanol–water partition coefficient (Wildman–Crippen LogP) is 0.995. The van der Waals surface area contributed by atoms with Crippen molar-refractivity contribution in [3.8, 4) is 11.9 Å². The van der Waals surface area contributed by atoms with E-state index < -0.39 is 10.0 Å². The fourth-order valence-electron chi connectivity index (χ4n) is 3.64. The van der Waals surface area contributed by atoms with Crippen molar-refractivity contribution in [2.75, 3.05) is 32.4 Å². The molecular formula is C18H24N4O4S. The van der Waals surface area contributed by atoms with Gasteiger partial charge < -0.3 is 9.64 Å². The minimum absolute atomic E-state index is 0.0789. The number of carbonyl (C=O) groups excluding carboxylic acids is 1. The maximum Gasteiger partial charge on any atom is 0.225 e. The van der Waals surface area contributed by atoms with Crippen LogP contribution < -0.4 is 4.74 Å². The van der Waals surface area contributed by atoms with Crippen LogP contribution in [0.4, 0.5) is 0 Å². The number of amides is 1. The van der Waals surface area contributed by atoms with Crippen LogP contribution in [-0.2, 0) is 14.8 Å². The lowest BCUT2D eigenvalue weighted by Crippen LogP contribution is -2.49. The molecule has 0 spiro atoms. The molecule has 27 heavy (non-hydrogen) atoms. The van der Waals surface area contributed by atoms with E-state index >= 15 is 0 Å². The van der Waals surface area contributed by atoms with E-state index in [4.69, 9.17) is 10.00 Å². The van der Waals surface area contributed by atoms with Gasteiger partial charge in [0.05, 0.1) is 24.4 Å². The number of pyridine rings is 1. The Morgan fingerprint density at radius 3 is 2.70 bits per heavy atom. The monoisotopic (exact) mass is 392 g/mol. The molecule has 0 bridgehead atoms. The number of nitriles is 1. The second-order valence-corrected chi connectivity index (χ2v) is 9.08. The molecule has 146 valence electrons. The first-order chi connectivity index (χ1) is 12.9. The summed E-state index contributed by atoms with van der Waals surface area (Å²) in [5.74, 6) is 0.340. The van der Waals surface area contributed by atoms with Crippen LogP contribution in [0.15, 0.2) is 18.3 Å². The van der Waals surface area contributed by atoms with E-state index in [-0.39, 0.29) is 17.9 Å². The Labute approximate surface area is 159 Å². The lowest BCUT2D eigenvalue weighted by atomic mass is 9.95. The molecule has 9 heteroatoms. The molecule has 2 saturated heterocycles. The van der Waals surface area contributed by atoms with Crippen molar-refractivity contribution in [3.05, 3.63) is 23.9 Å². The highest BCUT2D eigenvalue weighted by Crippen LogP contribution is 2.24. The van der Waals surface area contributed by atoms with Crippen molar-refractivity contribution in [2.45, 2.75) is 31.8 Å². The minimum atomic E-state index is -3.19. The largest absolute Gasteiger partial charge is 0.472 e. The summed E-state index contributed by atoms with van der Waals surface area (Å²) < 4.78 is 30.6. The van der Waals surface area contributed by atoms with Crippen molar-refractivity contribution >= 4 is 15.9 Å². The molecule has 1 unspecified atom stereocenters. The smallest absolute Gasteiger partial charge is 0.225 e. The van der Waals surface area contributed by atoms with Crippen LogP contribution in [0.5, 0.6) is 5.88 Å². The van der Waals surface area contributed by atoms with E-state index in [1.807, 2.05) is 4.90 Å². The third-order valence-corrected chi connectivity index (χ3v) is 6.42. The summed E-state index contributed by atoms with van der Waals surface area (Å²) in [6.45, 7) is 1.97. The number of likely N-dealkylation sites (tertiary alicyclic amines) is 1. The topological polar surface area (TPSA) is 104 Å². The van der Waals surface area contributed by atoms with Gasteiger partial charge in [0.1, 0.15) is 6.10 Å². The molecule has 1 amide bonds. The molecular weight excluding hydrogens is 368 g/mol. The lowest BCUT2D eigenvalue weighted by Gasteiger charge is -2.37. The summed E-state index contributed by atoms with van der Waals surface area (Å²) in [7, 11) is -3.19. The van der Waals surface area contributed by atoms with E-state index in [0.29, 0.717) is 50.5 Å². The summed E-state index contributed by atoms with van der Waals surface area (Å²) >= 11 is 0. The summed E-state index contributed by atoms with van der Waals surface area (Å²) in [6.07, 6.45) is 5.37. The third-order valence-electron chi connectivity index (χ3n) is 5.11. The van der Waals surface area contributed by atoms with Gasteiger partial charge in [-0.2, -0.15) is 5.26 Å². The zero-order valence-electron chi connectivity index (χ0n) is 15.4. The van der Waals surface area contributed by atoms with Crippen molar-refractivity contribution in [1.82, 2.24) is 14.2 Å². The molecule has 2 aliphatic heterocycles. The van der Waals surface area contributed by atoms with Crippen LogP contribution in [0.2, 0.25) is 0 Å². The Balaban J connectivity index is 1.56. The molecule has 0 N–H and O–H groups in total. The maximum absolute atomic E-state index is 12.9. The number of sulfonamides is 1. The average molecular weight is 392 g/mol. The molecule has 1 aromatic heterocycles. The molecule has 0 saturated carbocycles. The second-order valence-electron chi connectivity index (χ2n) is 7.10. The van der Waals surface area contributed by atoms with Gasteiger partial charge in [-0.3, -0.25) is 4.79 Å². The molecule has 1 aromatic rings. The first kappa shape index (κ1) is 19.6. The number of hydrogen-bond donors (Lipinski definition) is 0. The fraction of sp³-hybridized carbons (Fsp3) is 0.611. The highest BCUT2D eigenvalue weighted by Gasteiger charge is 2.33. The van der Waals surface area contributed by atoms with E-state index in [9.17, 15) is 13.2 Å². The number of carbonyl (C=O) groups is 1. The summed E-state index contributed by atoms with van der Waals surface area (Å²) in [4.78, 5) is 18.8. The Bertz CT molecular complexity index is 828. The van der Waals surface area contributed by atoms with Crippen molar-refractivity contribution < 1.29 is 17.9 Å². The van der Waals surface area contributed by atoms with E-state index in [1.165, 1.54) is 16.8 Å². The number of rotatable bonds is 4. The molecule has 0 aromatic carbocycles. The van der Waals surface area contributed by atoms with Crippen LogP contribution >= 0.6 is 0 Å². The van der Waals surface area contributed by atoms with E-state index in [0.717, 1.165) is 12.8 Å². The minimum Gasteiger partial charge on any atom is -0.472 e. The average Bonchev–Trinajstić information content (AvgIpc) is 2.67. The number of nitrogens with zero attached hydrogens (tertiary/aromatic N) is 4. The normalized spacial score (nSPS) is 22.2. The van der Waals surface area contributed by atoms with Crippen molar-refractivity contribution in [3.63, 3.8) is 0 Å². The van der Waals surface area contributed by atoms with E-state index in [1.54, 1.807) is 12.1 Å². The van der Waals surface area contributed by atoms with Crippen LogP contribution in [0.1, 0.15) is 31.2 Å². The third kappa shape index (κ3) is 4.96. The van der Waals surface area contributed by atoms with Crippen LogP contribution in [-0.4, -0.2) is 67.1 Å². The molecule has 3 heterocycles. The van der Waals surface area contributed by atoms with Gasteiger partial charge in [0, 0.05) is 37.8 Å². The number of aromatic nitrogens is 1. The molecule has 1 atom stereocenters. The zero-order valence-corrected chi connectivity index (χ0v) is 16.2. The Morgan fingerprint density at radius 2 is 2.04 bits per heavy atom. The van der Waals surface area contributed by atoms with Crippen molar-refractivity contribution in [1.29, 1.82) is 5.26 Å². The Hall–Kier alpha value is -2.18. The summed E-state index contributed by atoms with van der Waals surface area (Å²) in [5.41, 5.74) is 0.487. The Kier molecular flexibility index (Phi) is 5.97. The molecule has 0 aliphatic carbocycles. The first-order valence-electron chi connectivity index (χ1n) is 9.13. The summed E-state index contributed by atoms with van der Waals surface area (Å²) in [5, 5.41) is 8.97. The summed E-state index contributed by atoms with van der Waals surface area (Å²) in [6, 6.07) is 5.27. The SMILES string of the molecule is CS(=O)(=O)N1CCC(C(=O)N2CCCC(Oc3cc(C#N)ccn3)C2)CC1. The molecule has 2 fully saturated rings. The van der Waals surface area contributed by atoms with Crippen molar-refractivity contribution in [2.24, 2.45) is 5.92 Å². The van der Waals surface area contributed by atoms with Crippen LogP contribution in [0.25, 0.3) is 0 Å². The van der Waals surface area contributed by atoms with Gasteiger partial charge in [-0.05, 0) is 31.7 Å². The highest BCUT2D eigenvalue weighted by atomic mass is 32.2. The Morgan fingerprint density at radius 1 is 1.30 bits per heavy atom. The maximum atomic E-state index is 12.9. The van der Waals surface area contributed by atoms with Gasteiger partial charge in [-0.25, -0.2) is 17.7 Å². The van der Waals surface area contributed by atoms with Gasteiger partial charge in [-0.1, -0.05) is 0 Å². The molecule has 2 aliphatic rings. The second kappa shape index (κ2) is 8.23. The van der Waals surface area contributed by atoms with Crippen LogP contribution in [0, 0.1) is 17.2 Å². The molecule has 0 radical (unpaired) electrons. The quantitative estimate of drug-likeness (QED) is 0.757. The first-order valence-corrected chi connectivity index (χ1v) is 11.0. The van der Waals surface area contributed by atoms with Gasteiger partial charge >= 0.3 is 0 Å². The van der Waals surface area contributed by atoms with Gasteiger partial charge in [0.15, 0.2) is 0 Å². The van der Waals surface area contributed by atoms with E-state index in [2.05, 4.69) is 11.1 Å². The predicted molar refractivity (Wildman–Crippen MR) is 98.3 cm³/mol. The molecule has 3 rings (SSSR count). The lowest BCUT2D eigenvalue weighted by molar-refractivity contribution is -0.139. The van der Waals surface area contributed by atoms with Gasteiger partial charge in [0.25, 0.3) is 0 Å². The fourth-order valence-corrected chi connectivity index (χ4v) is 4.52. The van der Waals surface area contributed by atoms with Gasteiger partial charge in [0.2, 0.25) is 21.8 Å². The number of piperidine rings is 2.